The van der Waals surface area contributed by atoms with Crippen LogP contribution in [0.15, 0.2) is 12.1 Å². The zero-order valence-corrected chi connectivity index (χ0v) is 11.8. The normalized spacial score (nSPS) is 10.2. The SMILES string of the molecule is CNc1nc(-c2ccc(C)c(C)c2C)c(C#N)s1. The van der Waals surface area contributed by atoms with E-state index in [1.54, 1.807) is 0 Å². The number of nitrogens with one attached hydrogen (secondary N) is 1. The summed E-state index contributed by atoms with van der Waals surface area (Å²) in [5, 5.41) is 13.0. The number of thiazole rings is 1. The number of rotatable bonds is 2. The predicted molar refractivity (Wildman–Crippen MR) is 76.0 cm³/mol. The lowest BCUT2D eigenvalue weighted by molar-refractivity contribution is 1.25. The number of anilines is 1. The van der Waals surface area contributed by atoms with Crippen molar-refractivity contribution in [2.45, 2.75) is 20.8 Å². The molecule has 1 aromatic carbocycles. The van der Waals surface area contributed by atoms with Crippen molar-refractivity contribution in [2.24, 2.45) is 0 Å². The van der Waals surface area contributed by atoms with Gasteiger partial charge >= 0.3 is 0 Å². The van der Waals surface area contributed by atoms with Gasteiger partial charge in [0.05, 0.1) is 0 Å². The molecule has 92 valence electrons. The van der Waals surface area contributed by atoms with Crippen LogP contribution in [0.4, 0.5) is 5.13 Å². The van der Waals surface area contributed by atoms with E-state index in [2.05, 4.69) is 43.2 Å². The first-order valence-corrected chi connectivity index (χ1v) is 6.56. The van der Waals surface area contributed by atoms with Gasteiger partial charge in [0.1, 0.15) is 16.6 Å². The van der Waals surface area contributed by atoms with Gasteiger partial charge in [0, 0.05) is 12.6 Å². The van der Waals surface area contributed by atoms with Crippen molar-refractivity contribution in [2.75, 3.05) is 12.4 Å². The second-order valence-corrected chi connectivity index (χ2v) is 5.24. The zero-order chi connectivity index (χ0) is 13.3. The highest BCUT2D eigenvalue weighted by molar-refractivity contribution is 7.16. The Morgan fingerprint density at radius 2 is 1.94 bits per heavy atom. The monoisotopic (exact) mass is 257 g/mol. The minimum atomic E-state index is 0.658. The van der Waals surface area contributed by atoms with E-state index in [0.717, 1.165) is 16.4 Å². The molecule has 0 fully saturated rings. The van der Waals surface area contributed by atoms with E-state index >= 15 is 0 Å². The van der Waals surface area contributed by atoms with Crippen molar-refractivity contribution in [3.63, 3.8) is 0 Å². The average molecular weight is 257 g/mol. The quantitative estimate of drug-likeness (QED) is 0.893. The van der Waals surface area contributed by atoms with E-state index in [9.17, 15) is 5.26 Å². The third-order valence-corrected chi connectivity index (χ3v) is 4.23. The van der Waals surface area contributed by atoms with Gasteiger partial charge in [-0.25, -0.2) is 4.98 Å². The Bertz CT molecular complexity index is 635. The summed E-state index contributed by atoms with van der Waals surface area (Å²) in [5.74, 6) is 0. The molecular weight excluding hydrogens is 242 g/mol. The molecule has 2 aromatic rings. The van der Waals surface area contributed by atoms with E-state index in [1.807, 2.05) is 13.1 Å². The minimum Gasteiger partial charge on any atom is -0.365 e. The fraction of sp³-hybridized carbons (Fsp3) is 0.286. The Labute approximate surface area is 111 Å². The minimum absolute atomic E-state index is 0.658. The highest BCUT2D eigenvalue weighted by Gasteiger charge is 2.15. The number of nitrogens with zero attached hydrogens (tertiary/aromatic N) is 2. The number of hydrogen-bond acceptors (Lipinski definition) is 4. The maximum absolute atomic E-state index is 9.20. The molecule has 0 saturated heterocycles. The molecule has 0 aliphatic rings. The molecule has 2 rings (SSSR count). The van der Waals surface area contributed by atoms with Crippen LogP contribution in [-0.4, -0.2) is 12.0 Å². The Morgan fingerprint density at radius 1 is 1.22 bits per heavy atom. The van der Waals surface area contributed by atoms with Crippen molar-refractivity contribution in [3.05, 3.63) is 33.7 Å². The molecule has 3 nitrogen and oxygen atoms in total. The number of aromatic nitrogens is 1. The van der Waals surface area contributed by atoms with Crippen LogP contribution in [0.3, 0.4) is 0 Å². The van der Waals surface area contributed by atoms with Gasteiger partial charge in [0.2, 0.25) is 0 Å². The van der Waals surface area contributed by atoms with Crippen molar-refractivity contribution >= 4 is 16.5 Å². The molecule has 1 N–H and O–H groups in total. The lowest BCUT2D eigenvalue weighted by Gasteiger charge is -2.09. The standard InChI is InChI=1S/C14H15N3S/c1-8-5-6-11(10(3)9(8)2)13-12(7-15)18-14(16-4)17-13/h5-6H,1-4H3,(H,16,17). The molecule has 0 amide bonds. The van der Waals surface area contributed by atoms with Gasteiger partial charge in [0.15, 0.2) is 5.13 Å². The molecule has 0 radical (unpaired) electrons. The van der Waals surface area contributed by atoms with Gasteiger partial charge in [-0.1, -0.05) is 23.5 Å². The van der Waals surface area contributed by atoms with Gasteiger partial charge in [0.25, 0.3) is 0 Å². The first kappa shape index (κ1) is 12.6. The summed E-state index contributed by atoms with van der Waals surface area (Å²) in [6.45, 7) is 6.28. The Hall–Kier alpha value is -1.86. The van der Waals surface area contributed by atoms with Gasteiger partial charge in [-0.3, -0.25) is 0 Å². The molecule has 4 heteroatoms. The molecule has 0 saturated carbocycles. The number of aryl methyl sites for hydroxylation is 1. The lowest BCUT2D eigenvalue weighted by atomic mass is 9.97. The second kappa shape index (κ2) is 4.79. The van der Waals surface area contributed by atoms with Gasteiger partial charge in [-0.15, -0.1) is 0 Å². The summed E-state index contributed by atoms with van der Waals surface area (Å²) >= 11 is 1.39. The summed E-state index contributed by atoms with van der Waals surface area (Å²) < 4.78 is 0. The predicted octanol–water partition coefficient (Wildman–Crippen LogP) is 3.65. The van der Waals surface area contributed by atoms with Gasteiger partial charge in [-0.2, -0.15) is 5.26 Å². The second-order valence-electron chi connectivity index (χ2n) is 4.24. The summed E-state index contributed by atoms with van der Waals surface area (Å²) in [7, 11) is 1.82. The number of benzene rings is 1. The van der Waals surface area contributed by atoms with Crippen LogP contribution in [0.25, 0.3) is 11.3 Å². The van der Waals surface area contributed by atoms with Crippen molar-refractivity contribution in [1.82, 2.24) is 4.98 Å². The maximum Gasteiger partial charge on any atom is 0.184 e. The fourth-order valence-electron chi connectivity index (χ4n) is 1.90. The first-order valence-electron chi connectivity index (χ1n) is 5.74. The number of nitriles is 1. The third kappa shape index (κ3) is 1.98. The van der Waals surface area contributed by atoms with Crippen LogP contribution in [0, 0.1) is 32.1 Å². The first-order chi connectivity index (χ1) is 8.58. The molecule has 0 unspecified atom stereocenters. The van der Waals surface area contributed by atoms with Crippen LogP contribution >= 0.6 is 11.3 Å². The summed E-state index contributed by atoms with van der Waals surface area (Å²) in [5.41, 5.74) is 5.55. The van der Waals surface area contributed by atoms with Crippen LogP contribution in [-0.2, 0) is 0 Å². The largest absolute Gasteiger partial charge is 0.365 e. The summed E-state index contributed by atoms with van der Waals surface area (Å²) in [6, 6.07) is 6.36. The maximum atomic E-state index is 9.20. The van der Waals surface area contributed by atoms with E-state index in [-0.39, 0.29) is 0 Å². The van der Waals surface area contributed by atoms with Crippen LogP contribution in [0.5, 0.6) is 0 Å². The van der Waals surface area contributed by atoms with E-state index in [0.29, 0.717) is 4.88 Å². The molecule has 18 heavy (non-hydrogen) atoms. The van der Waals surface area contributed by atoms with E-state index in [1.165, 1.54) is 28.0 Å². The fourth-order valence-corrected chi connectivity index (χ4v) is 2.63. The van der Waals surface area contributed by atoms with E-state index in [4.69, 9.17) is 0 Å². The molecule has 0 bridgehead atoms. The third-order valence-electron chi connectivity index (χ3n) is 3.26. The summed E-state index contributed by atoms with van der Waals surface area (Å²) in [4.78, 5) is 5.14. The molecule has 0 spiro atoms. The Kier molecular flexibility index (Phi) is 3.35. The highest BCUT2D eigenvalue weighted by Crippen LogP contribution is 2.33. The van der Waals surface area contributed by atoms with Crippen molar-refractivity contribution in [1.29, 1.82) is 5.26 Å². The zero-order valence-electron chi connectivity index (χ0n) is 11.0. The van der Waals surface area contributed by atoms with Crippen LogP contribution in [0.2, 0.25) is 0 Å². The molecule has 1 heterocycles. The molecular formula is C14H15N3S. The Morgan fingerprint density at radius 3 is 2.56 bits per heavy atom. The van der Waals surface area contributed by atoms with Crippen molar-refractivity contribution < 1.29 is 0 Å². The van der Waals surface area contributed by atoms with E-state index < -0.39 is 0 Å². The topological polar surface area (TPSA) is 48.7 Å². The molecule has 0 atom stereocenters. The van der Waals surface area contributed by atoms with Crippen molar-refractivity contribution in [3.8, 4) is 17.3 Å². The molecule has 0 aliphatic heterocycles. The summed E-state index contributed by atoms with van der Waals surface area (Å²) in [6.07, 6.45) is 0. The van der Waals surface area contributed by atoms with Crippen LogP contribution in [0.1, 0.15) is 21.6 Å². The average Bonchev–Trinajstić information content (AvgIpc) is 2.79. The number of hydrogen-bond donors (Lipinski definition) is 1. The van der Waals surface area contributed by atoms with Gasteiger partial charge in [-0.05, 0) is 37.5 Å². The highest BCUT2D eigenvalue weighted by atomic mass is 32.1. The Balaban J connectivity index is 2.66. The lowest BCUT2D eigenvalue weighted by Crippen LogP contribution is -1.93. The smallest absolute Gasteiger partial charge is 0.184 e. The molecule has 1 aromatic heterocycles. The van der Waals surface area contributed by atoms with Gasteiger partial charge < -0.3 is 5.32 Å². The van der Waals surface area contributed by atoms with Crippen LogP contribution < -0.4 is 5.32 Å². The molecule has 0 aliphatic carbocycles.